The van der Waals surface area contributed by atoms with E-state index in [-0.39, 0.29) is 26.4 Å². The van der Waals surface area contributed by atoms with Crippen LogP contribution in [-0.2, 0) is 42.9 Å². The molecule has 244 valence electrons. The van der Waals surface area contributed by atoms with Crippen molar-refractivity contribution < 1.29 is 47.7 Å². The maximum Gasteiger partial charge on any atom is 0.408 e. The molecule has 1 aliphatic heterocycles. The highest BCUT2D eigenvalue weighted by Crippen LogP contribution is 2.12. The van der Waals surface area contributed by atoms with Gasteiger partial charge in [0.25, 0.3) is 0 Å². The van der Waals surface area contributed by atoms with Crippen molar-refractivity contribution in [2.75, 3.05) is 33.5 Å². The summed E-state index contributed by atoms with van der Waals surface area (Å²) >= 11 is 0. The van der Waals surface area contributed by atoms with E-state index in [1.807, 2.05) is 0 Å². The second-order valence-electron chi connectivity index (χ2n) is 12.6. The van der Waals surface area contributed by atoms with E-state index in [1.165, 1.54) is 48.7 Å². The predicted molar refractivity (Wildman–Crippen MR) is 155 cm³/mol. The fraction of sp³-hybridized carbons (Fsp3) is 0.714. The third kappa shape index (κ3) is 12.6. The van der Waals surface area contributed by atoms with Crippen molar-refractivity contribution in [3.8, 4) is 0 Å². The summed E-state index contributed by atoms with van der Waals surface area (Å²) in [5.74, 6) is -3.62. The Morgan fingerprint density at radius 3 is 1.95 bits per heavy atom. The van der Waals surface area contributed by atoms with Gasteiger partial charge in [-0.1, -0.05) is 12.2 Å². The van der Waals surface area contributed by atoms with Crippen LogP contribution >= 0.6 is 0 Å². The molecule has 0 saturated carbocycles. The Bertz CT molecular complexity index is 1080. The topological polar surface area (TPSA) is 199 Å². The number of carbonyl (C=O) groups is 6. The van der Waals surface area contributed by atoms with Gasteiger partial charge in [0.2, 0.25) is 23.6 Å². The van der Waals surface area contributed by atoms with Gasteiger partial charge in [0.1, 0.15) is 34.3 Å². The van der Waals surface area contributed by atoms with Gasteiger partial charge in [-0.15, -0.1) is 0 Å². The number of carbonyl (C=O) groups excluding carboxylic acids is 6. The Kier molecular flexibility index (Phi) is 13.1. The van der Waals surface area contributed by atoms with Gasteiger partial charge in [-0.25, -0.2) is 9.59 Å². The number of amides is 5. The van der Waals surface area contributed by atoms with E-state index < -0.39 is 70.0 Å². The first-order valence-corrected chi connectivity index (χ1v) is 13.8. The van der Waals surface area contributed by atoms with Gasteiger partial charge in [0, 0.05) is 0 Å². The molecule has 15 nitrogen and oxygen atoms in total. The molecule has 1 aliphatic rings. The van der Waals surface area contributed by atoms with E-state index in [0.29, 0.717) is 0 Å². The molecule has 5 amide bonds. The van der Waals surface area contributed by atoms with E-state index in [2.05, 4.69) is 26.6 Å². The van der Waals surface area contributed by atoms with Gasteiger partial charge in [-0.05, 0) is 62.3 Å². The SMILES string of the molecule is COC(=O)C(C)(C)NC(=O)C1COC/C=C/COCC(NC(=O)OC(C)(C)C)C(=O)NC(C)(C)C(=O)NC(C)(C)C(=O)N1. The number of alkyl carbamates (subject to hydrolysis) is 1. The molecule has 0 aliphatic carbocycles. The van der Waals surface area contributed by atoms with Crippen molar-refractivity contribution in [3.63, 3.8) is 0 Å². The number of ether oxygens (including phenoxy) is 4. The smallest absolute Gasteiger partial charge is 0.408 e. The molecule has 1 heterocycles. The first-order chi connectivity index (χ1) is 19.6. The summed E-state index contributed by atoms with van der Waals surface area (Å²) in [5, 5.41) is 12.7. The van der Waals surface area contributed by atoms with Crippen LogP contribution in [0.3, 0.4) is 0 Å². The molecule has 0 aromatic heterocycles. The molecule has 0 radical (unpaired) electrons. The molecule has 0 bridgehead atoms. The number of methoxy groups -OCH3 is 1. The molecule has 0 aromatic carbocycles. The largest absolute Gasteiger partial charge is 0.467 e. The zero-order valence-electron chi connectivity index (χ0n) is 26.7. The highest BCUT2D eigenvalue weighted by Gasteiger charge is 2.40. The molecule has 0 saturated heterocycles. The molecule has 2 unspecified atom stereocenters. The number of hydrogen-bond donors (Lipinski definition) is 5. The summed E-state index contributed by atoms with van der Waals surface area (Å²) in [4.78, 5) is 77.2. The average molecular weight is 614 g/mol. The van der Waals surface area contributed by atoms with E-state index in [0.717, 1.165) is 0 Å². The monoisotopic (exact) mass is 613 g/mol. The van der Waals surface area contributed by atoms with Crippen molar-refractivity contribution in [2.45, 2.75) is 96.6 Å². The summed E-state index contributed by atoms with van der Waals surface area (Å²) in [7, 11) is 1.18. The van der Waals surface area contributed by atoms with Crippen molar-refractivity contribution >= 4 is 35.7 Å². The van der Waals surface area contributed by atoms with Crippen molar-refractivity contribution in [2.24, 2.45) is 0 Å². The fourth-order valence-corrected chi connectivity index (χ4v) is 3.45. The molecular weight excluding hydrogens is 566 g/mol. The predicted octanol–water partition coefficient (Wildman–Crippen LogP) is -0.175. The van der Waals surface area contributed by atoms with Crippen LogP contribution in [0.4, 0.5) is 4.79 Å². The van der Waals surface area contributed by atoms with E-state index >= 15 is 0 Å². The highest BCUT2D eigenvalue weighted by molar-refractivity contribution is 5.99. The fourth-order valence-electron chi connectivity index (χ4n) is 3.45. The zero-order chi connectivity index (χ0) is 33.2. The molecule has 15 heteroatoms. The summed E-state index contributed by atoms with van der Waals surface area (Å²) in [6, 6.07) is -2.46. The molecule has 1 rings (SSSR count). The lowest BCUT2D eigenvalue weighted by atomic mass is 9.98. The standard InChI is InChI=1S/C28H47N5O10/c1-25(2,3)43-24(39)30-18-16-42-14-12-11-13-41-15-17(19(34)32-28(8,9)23(38)40-10)29-21(36)26(4,5)33-22(37)27(6,7)31-20(18)35/h11-12,17-18H,13-16H2,1-10H3,(H,29,36)(H,30,39)(H,31,35)(H,32,34)(H,33,37)/b12-11+. The zero-order valence-corrected chi connectivity index (χ0v) is 26.7. The lowest BCUT2D eigenvalue weighted by molar-refractivity contribution is -0.150. The van der Waals surface area contributed by atoms with Crippen LogP contribution in [0, 0.1) is 0 Å². The van der Waals surface area contributed by atoms with Gasteiger partial charge < -0.3 is 45.5 Å². The van der Waals surface area contributed by atoms with Crippen molar-refractivity contribution in [3.05, 3.63) is 12.2 Å². The lowest BCUT2D eigenvalue weighted by Crippen LogP contribution is -2.66. The van der Waals surface area contributed by atoms with Crippen LogP contribution in [0.2, 0.25) is 0 Å². The second kappa shape index (κ2) is 15.1. The average Bonchev–Trinajstić information content (AvgIpc) is 2.85. The highest BCUT2D eigenvalue weighted by atomic mass is 16.6. The van der Waals surface area contributed by atoms with Crippen molar-refractivity contribution in [1.82, 2.24) is 26.6 Å². The van der Waals surface area contributed by atoms with Crippen molar-refractivity contribution in [1.29, 1.82) is 0 Å². The second-order valence-corrected chi connectivity index (χ2v) is 12.6. The Hall–Kier alpha value is -3.72. The molecule has 0 spiro atoms. The Balaban J connectivity index is 3.25. The Morgan fingerprint density at radius 1 is 0.884 bits per heavy atom. The van der Waals surface area contributed by atoms with Crippen LogP contribution in [0.15, 0.2) is 12.2 Å². The van der Waals surface area contributed by atoms with Gasteiger partial charge in [-0.2, -0.15) is 0 Å². The maximum atomic E-state index is 13.3. The summed E-state index contributed by atoms with van der Waals surface area (Å²) in [5.41, 5.74) is -5.35. The molecule has 0 aromatic rings. The van der Waals surface area contributed by atoms with E-state index in [9.17, 15) is 28.8 Å². The minimum Gasteiger partial charge on any atom is -0.467 e. The summed E-state index contributed by atoms with van der Waals surface area (Å²) in [6.07, 6.45) is 2.35. The normalized spacial score (nSPS) is 23.2. The minimum atomic E-state index is -1.57. The van der Waals surface area contributed by atoms with Crippen LogP contribution in [0.1, 0.15) is 62.3 Å². The van der Waals surface area contributed by atoms with Crippen LogP contribution in [-0.4, -0.2) is 104 Å². The Labute approximate surface area is 252 Å². The lowest BCUT2D eigenvalue weighted by Gasteiger charge is -2.34. The third-order valence-electron chi connectivity index (χ3n) is 5.92. The van der Waals surface area contributed by atoms with Gasteiger partial charge in [0.05, 0.1) is 33.5 Å². The Morgan fingerprint density at radius 2 is 1.42 bits per heavy atom. The summed E-state index contributed by atoms with van der Waals surface area (Å²) < 4.78 is 21.1. The quantitative estimate of drug-likeness (QED) is 0.209. The number of hydrogen-bond acceptors (Lipinski definition) is 10. The van der Waals surface area contributed by atoms with Crippen LogP contribution in [0.25, 0.3) is 0 Å². The molecular formula is C28H47N5O10. The number of esters is 1. The van der Waals surface area contributed by atoms with Gasteiger partial charge in [-0.3, -0.25) is 19.2 Å². The van der Waals surface area contributed by atoms with E-state index in [4.69, 9.17) is 18.9 Å². The first kappa shape index (κ1) is 37.3. The maximum absolute atomic E-state index is 13.3. The van der Waals surface area contributed by atoms with Crippen LogP contribution in [0.5, 0.6) is 0 Å². The number of rotatable bonds is 4. The number of nitrogens with one attached hydrogen (secondary N) is 5. The van der Waals surface area contributed by atoms with Gasteiger partial charge in [0.15, 0.2) is 0 Å². The van der Waals surface area contributed by atoms with Crippen LogP contribution < -0.4 is 26.6 Å². The van der Waals surface area contributed by atoms with Gasteiger partial charge >= 0.3 is 12.1 Å². The molecule has 2 atom stereocenters. The van der Waals surface area contributed by atoms with E-state index in [1.54, 1.807) is 32.9 Å². The first-order valence-electron chi connectivity index (χ1n) is 13.8. The molecule has 5 N–H and O–H groups in total. The molecule has 43 heavy (non-hydrogen) atoms. The summed E-state index contributed by atoms with van der Waals surface area (Å²) in [6.45, 7) is 13.1. The minimum absolute atomic E-state index is 0.0256. The third-order valence-corrected chi connectivity index (χ3v) is 5.92. The molecule has 0 fully saturated rings.